The van der Waals surface area contributed by atoms with Crippen LogP contribution in [0.1, 0.15) is 26.3 Å². The Morgan fingerprint density at radius 1 is 1.20 bits per heavy atom. The Morgan fingerprint density at radius 2 is 1.73 bits per heavy atom. The average molecular weight is 206 g/mol. The minimum atomic E-state index is -0.513. The Hall–Kier alpha value is -1.84. The molecule has 0 unspecified atom stereocenters. The van der Waals surface area contributed by atoms with Gasteiger partial charge in [-0.1, -0.05) is 6.07 Å². The molecule has 4 heteroatoms. The molecule has 0 heterocycles. The lowest BCUT2D eigenvalue weighted by Crippen LogP contribution is -2.24. The van der Waals surface area contributed by atoms with E-state index in [1.807, 2.05) is 0 Å². The summed E-state index contributed by atoms with van der Waals surface area (Å²) in [5.74, 6) is -0.642. The van der Waals surface area contributed by atoms with Crippen LogP contribution < -0.4 is 5.73 Å². The molecule has 0 spiro atoms. The predicted octanol–water partition coefficient (Wildman–Crippen LogP) is 0.796. The first-order valence-electron chi connectivity index (χ1n) is 4.56. The number of carbonyl (C=O) groups is 2. The van der Waals surface area contributed by atoms with E-state index in [1.165, 1.54) is 4.90 Å². The maximum Gasteiger partial charge on any atom is 0.253 e. The normalized spacial score (nSPS) is 9.80. The number of nitrogens with zero attached hydrogens (tertiary/aromatic N) is 1. The van der Waals surface area contributed by atoms with E-state index in [-0.39, 0.29) is 5.91 Å². The topological polar surface area (TPSA) is 63.4 Å². The lowest BCUT2D eigenvalue weighted by Gasteiger charge is -2.13. The molecule has 15 heavy (non-hydrogen) atoms. The Bertz CT molecular complexity index is 411. The van der Waals surface area contributed by atoms with E-state index < -0.39 is 5.91 Å². The van der Waals surface area contributed by atoms with Crippen LogP contribution in [0.15, 0.2) is 18.2 Å². The number of benzene rings is 1. The Labute approximate surface area is 88.7 Å². The van der Waals surface area contributed by atoms with Gasteiger partial charge in [0.25, 0.3) is 5.91 Å². The summed E-state index contributed by atoms with van der Waals surface area (Å²) in [7, 11) is 3.33. The molecule has 0 aliphatic heterocycles. The van der Waals surface area contributed by atoms with Gasteiger partial charge < -0.3 is 10.6 Å². The highest BCUT2D eigenvalue weighted by atomic mass is 16.2. The maximum absolute atomic E-state index is 11.7. The minimum absolute atomic E-state index is 0.129. The molecule has 0 aliphatic rings. The zero-order valence-electron chi connectivity index (χ0n) is 9.07. The summed E-state index contributed by atoms with van der Waals surface area (Å²) in [6.45, 7) is 1.72. The maximum atomic E-state index is 11.7. The Kier molecular flexibility index (Phi) is 3.09. The summed E-state index contributed by atoms with van der Waals surface area (Å²) in [5.41, 5.74) is 6.73. The van der Waals surface area contributed by atoms with Crippen molar-refractivity contribution in [2.75, 3.05) is 14.1 Å². The summed E-state index contributed by atoms with van der Waals surface area (Å²) >= 11 is 0. The molecule has 0 fully saturated rings. The second-order valence-electron chi connectivity index (χ2n) is 3.54. The number of nitrogens with two attached hydrogens (primary N) is 1. The molecular weight excluding hydrogens is 192 g/mol. The van der Waals surface area contributed by atoms with Crippen LogP contribution >= 0.6 is 0 Å². The number of hydrogen-bond acceptors (Lipinski definition) is 2. The summed E-state index contributed by atoms with van der Waals surface area (Å²) in [6.07, 6.45) is 0. The lowest BCUT2D eigenvalue weighted by atomic mass is 10.0. The van der Waals surface area contributed by atoms with E-state index in [0.29, 0.717) is 16.7 Å². The van der Waals surface area contributed by atoms with Crippen molar-refractivity contribution < 1.29 is 9.59 Å². The number of rotatable bonds is 2. The highest BCUT2D eigenvalue weighted by molar-refractivity contribution is 6.01. The first-order chi connectivity index (χ1) is 6.95. The summed E-state index contributed by atoms with van der Waals surface area (Å²) in [5, 5.41) is 0. The average Bonchev–Trinajstić information content (AvgIpc) is 2.16. The molecule has 0 aromatic heterocycles. The standard InChI is InChI=1S/C11H14N2O2/c1-7-8(10(12)14)5-4-6-9(7)11(15)13(2)3/h4-6H,1-3H3,(H2,12,14). The molecule has 1 aromatic carbocycles. The molecule has 2 amide bonds. The highest BCUT2D eigenvalue weighted by Gasteiger charge is 2.15. The number of hydrogen-bond donors (Lipinski definition) is 1. The first-order valence-corrected chi connectivity index (χ1v) is 4.56. The van der Waals surface area contributed by atoms with Gasteiger partial charge in [0.15, 0.2) is 0 Å². The van der Waals surface area contributed by atoms with Gasteiger partial charge in [-0.2, -0.15) is 0 Å². The smallest absolute Gasteiger partial charge is 0.253 e. The minimum Gasteiger partial charge on any atom is -0.366 e. The van der Waals surface area contributed by atoms with Crippen molar-refractivity contribution in [3.63, 3.8) is 0 Å². The third-order valence-corrected chi connectivity index (χ3v) is 2.24. The van der Waals surface area contributed by atoms with Gasteiger partial charge in [0, 0.05) is 25.2 Å². The van der Waals surface area contributed by atoms with Crippen LogP contribution in [0.3, 0.4) is 0 Å². The van der Waals surface area contributed by atoms with Gasteiger partial charge in [0.2, 0.25) is 5.91 Å². The largest absolute Gasteiger partial charge is 0.366 e. The second-order valence-corrected chi connectivity index (χ2v) is 3.54. The Morgan fingerprint density at radius 3 is 2.20 bits per heavy atom. The quantitative estimate of drug-likeness (QED) is 0.777. The van der Waals surface area contributed by atoms with E-state index in [4.69, 9.17) is 5.73 Å². The van der Waals surface area contributed by atoms with Gasteiger partial charge >= 0.3 is 0 Å². The molecule has 0 atom stereocenters. The summed E-state index contributed by atoms with van der Waals surface area (Å²) < 4.78 is 0. The molecule has 1 rings (SSSR count). The van der Waals surface area contributed by atoms with E-state index >= 15 is 0 Å². The Balaban J connectivity index is 3.27. The van der Waals surface area contributed by atoms with Crippen LogP contribution in [0.5, 0.6) is 0 Å². The molecule has 0 bridgehead atoms. The second kappa shape index (κ2) is 4.13. The van der Waals surface area contributed by atoms with Gasteiger partial charge in [-0.25, -0.2) is 0 Å². The SMILES string of the molecule is Cc1c(C(N)=O)cccc1C(=O)N(C)C. The fraction of sp³-hybridized carbons (Fsp3) is 0.273. The summed E-state index contributed by atoms with van der Waals surface area (Å²) in [4.78, 5) is 24.2. The third-order valence-electron chi connectivity index (χ3n) is 2.24. The fourth-order valence-corrected chi connectivity index (χ4v) is 1.38. The van der Waals surface area contributed by atoms with E-state index in [9.17, 15) is 9.59 Å². The number of amides is 2. The molecule has 1 aromatic rings. The molecule has 0 aliphatic carbocycles. The van der Waals surface area contributed by atoms with Crippen LogP contribution in [-0.4, -0.2) is 30.8 Å². The monoisotopic (exact) mass is 206 g/mol. The fourth-order valence-electron chi connectivity index (χ4n) is 1.38. The van der Waals surface area contributed by atoms with Gasteiger partial charge in [-0.15, -0.1) is 0 Å². The van der Waals surface area contributed by atoms with Crippen LogP contribution in [0.2, 0.25) is 0 Å². The van der Waals surface area contributed by atoms with Crippen LogP contribution in [0.25, 0.3) is 0 Å². The zero-order valence-corrected chi connectivity index (χ0v) is 9.07. The molecule has 0 saturated carbocycles. The van der Waals surface area contributed by atoms with E-state index in [2.05, 4.69) is 0 Å². The molecule has 0 radical (unpaired) electrons. The molecule has 4 nitrogen and oxygen atoms in total. The zero-order chi connectivity index (χ0) is 11.6. The van der Waals surface area contributed by atoms with Crippen molar-refractivity contribution >= 4 is 11.8 Å². The van der Waals surface area contributed by atoms with E-state index in [0.717, 1.165) is 0 Å². The highest BCUT2D eigenvalue weighted by Crippen LogP contribution is 2.14. The van der Waals surface area contributed by atoms with E-state index in [1.54, 1.807) is 39.2 Å². The van der Waals surface area contributed by atoms with Crippen LogP contribution in [-0.2, 0) is 0 Å². The lowest BCUT2D eigenvalue weighted by molar-refractivity contribution is 0.0827. The molecule has 80 valence electrons. The predicted molar refractivity (Wildman–Crippen MR) is 57.7 cm³/mol. The van der Waals surface area contributed by atoms with Crippen molar-refractivity contribution in [3.05, 3.63) is 34.9 Å². The van der Waals surface area contributed by atoms with Crippen molar-refractivity contribution in [3.8, 4) is 0 Å². The molecular formula is C11H14N2O2. The number of carbonyl (C=O) groups excluding carboxylic acids is 2. The van der Waals surface area contributed by atoms with Crippen LogP contribution in [0, 0.1) is 6.92 Å². The third kappa shape index (κ3) is 2.15. The molecule has 0 saturated heterocycles. The number of primary amides is 1. The van der Waals surface area contributed by atoms with Gasteiger partial charge in [-0.3, -0.25) is 9.59 Å². The first kappa shape index (κ1) is 11.2. The van der Waals surface area contributed by atoms with Crippen molar-refractivity contribution in [1.29, 1.82) is 0 Å². The summed E-state index contributed by atoms with van der Waals surface area (Å²) in [6, 6.07) is 4.96. The van der Waals surface area contributed by atoms with Gasteiger partial charge in [0.1, 0.15) is 0 Å². The van der Waals surface area contributed by atoms with Gasteiger partial charge in [-0.05, 0) is 24.6 Å². The van der Waals surface area contributed by atoms with Crippen molar-refractivity contribution in [2.45, 2.75) is 6.92 Å². The van der Waals surface area contributed by atoms with Crippen molar-refractivity contribution in [1.82, 2.24) is 4.90 Å². The van der Waals surface area contributed by atoms with Crippen LogP contribution in [0.4, 0.5) is 0 Å². The van der Waals surface area contributed by atoms with Crippen molar-refractivity contribution in [2.24, 2.45) is 5.73 Å². The molecule has 2 N–H and O–H groups in total. The van der Waals surface area contributed by atoms with Gasteiger partial charge in [0.05, 0.1) is 0 Å².